The first-order valence-corrected chi connectivity index (χ1v) is 7.03. The van der Waals surface area contributed by atoms with E-state index in [-0.39, 0.29) is 0 Å². The van der Waals surface area contributed by atoms with E-state index in [2.05, 4.69) is 57.0 Å². The maximum absolute atomic E-state index is 3.60. The normalized spacial score (nSPS) is 25.1. The van der Waals surface area contributed by atoms with Gasteiger partial charge in [-0.25, -0.2) is 0 Å². The summed E-state index contributed by atoms with van der Waals surface area (Å²) in [6.45, 7) is 14.7. The molecule has 1 aromatic carbocycles. The number of rotatable bonds is 1. The highest BCUT2D eigenvalue weighted by molar-refractivity contribution is 5.60. The van der Waals surface area contributed by atoms with Crippen molar-refractivity contribution in [3.63, 3.8) is 0 Å². The van der Waals surface area contributed by atoms with Gasteiger partial charge in [-0.3, -0.25) is 0 Å². The van der Waals surface area contributed by atoms with Crippen molar-refractivity contribution < 1.29 is 0 Å². The van der Waals surface area contributed by atoms with Crippen LogP contribution in [0.15, 0.2) is 12.1 Å². The van der Waals surface area contributed by atoms with E-state index in [0.29, 0.717) is 12.0 Å². The molecule has 0 saturated carbocycles. The average Bonchev–Trinajstić information content (AvgIpc) is 2.39. The summed E-state index contributed by atoms with van der Waals surface area (Å²) in [7, 11) is 0. The molecule has 18 heavy (non-hydrogen) atoms. The van der Waals surface area contributed by atoms with E-state index in [9.17, 15) is 0 Å². The van der Waals surface area contributed by atoms with Crippen molar-refractivity contribution in [3.05, 3.63) is 28.8 Å². The third kappa shape index (κ3) is 2.86. The number of aryl methyl sites for hydroxylation is 3. The van der Waals surface area contributed by atoms with Crippen LogP contribution in [-0.2, 0) is 0 Å². The fourth-order valence-electron chi connectivity index (χ4n) is 3.17. The molecule has 100 valence electrons. The van der Waals surface area contributed by atoms with Crippen LogP contribution in [0.4, 0.5) is 5.69 Å². The minimum Gasteiger partial charge on any atom is -0.369 e. The van der Waals surface area contributed by atoms with Gasteiger partial charge in [-0.05, 0) is 51.3 Å². The zero-order valence-electron chi connectivity index (χ0n) is 12.4. The molecule has 2 unspecified atom stereocenters. The highest BCUT2D eigenvalue weighted by Gasteiger charge is 2.21. The quantitative estimate of drug-likeness (QED) is 0.819. The van der Waals surface area contributed by atoms with Crippen molar-refractivity contribution in [1.82, 2.24) is 5.32 Å². The van der Waals surface area contributed by atoms with E-state index in [1.807, 2.05) is 0 Å². The van der Waals surface area contributed by atoms with Crippen molar-refractivity contribution >= 4 is 5.69 Å². The van der Waals surface area contributed by atoms with Gasteiger partial charge in [-0.2, -0.15) is 0 Å². The van der Waals surface area contributed by atoms with Gasteiger partial charge in [-0.1, -0.05) is 24.6 Å². The minimum absolute atomic E-state index is 0.565. The molecule has 1 aromatic rings. The van der Waals surface area contributed by atoms with E-state index < -0.39 is 0 Å². The average molecular weight is 246 g/mol. The van der Waals surface area contributed by atoms with Crippen LogP contribution in [0.1, 0.15) is 30.5 Å². The lowest BCUT2D eigenvalue weighted by Gasteiger charge is -2.29. The first-order chi connectivity index (χ1) is 8.47. The van der Waals surface area contributed by atoms with Crippen LogP contribution in [0.2, 0.25) is 0 Å². The molecular formula is C16H26N2. The Balaban J connectivity index is 2.34. The summed E-state index contributed by atoms with van der Waals surface area (Å²) in [5.41, 5.74) is 5.63. The molecule has 0 radical (unpaired) electrons. The molecule has 1 aliphatic rings. The Hall–Kier alpha value is -1.02. The lowest BCUT2D eigenvalue weighted by atomic mass is 10.0. The van der Waals surface area contributed by atoms with Crippen molar-refractivity contribution in [3.8, 4) is 0 Å². The van der Waals surface area contributed by atoms with Gasteiger partial charge in [0.25, 0.3) is 0 Å². The van der Waals surface area contributed by atoms with Crippen LogP contribution in [0.25, 0.3) is 0 Å². The zero-order chi connectivity index (χ0) is 13.3. The Bertz CT molecular complexity index is 390. The van der Waals surface area contributed by atoms with E-state index in [1.165, 1.54) is 22.4 Å². The van der Waals surface area contributed by atoms with Crippen molar-refractivity contribution in [2.75, 3.05) is 24.5 Å². The number of hydrogen-bond acceptors (Lipinski definition) is 2. The van der Waals surface area contributed by atoms with E-state index in [0.717, 1.165) is 19.6 Å². The number of nitrogens with one attached hydrogen (secondary N) is 1. The summed E-state index contributed by atoms with van der Waals surface area (Å²) < 4.78 is 0. The molecule has 2 nitrogen and oxygen atoms in total. The lowest BCUT2D eigenvalue weighted by Crippen LogP contribution is -2.36. The standard InChI is InChI=1S/C16H26N2/c1-11-6-13(3)16(14(4)7-11)18-9-12(2)8-17-15(5)10-18/h6-7,12,15,17H,8-10H2,1-5H3. The molecule has 1 fully saturated rings. The summed E-state index contributed by atoms with van der Waals surface area (Å²) in [6.07, 6.45) is 0. The predicted octanol–water partition coefficient (Wildman–Crippen LogP) is 3.05. The summed E-state index contributed by atoms with van der Waals surface area (Å²) in [6, 6.07) is 5.17. The molecule has 1 heterocycles. The number of anilines is 1. The van der Waals surface area contributed by atoms with Gasteiger partial charge in [0.15, 0.2) is 0 Å². The van der Waals surface area contributed by atoms with E-state index >= 15 is 0 Å². The molecule has 1 saturated heterocycles. The maximum Gasteiger partial charge on any atom is 0.0426 e. The van der Waals surface area contributed by atoms with Gasteiger partial charge in [0, 0.05) is 24.8 Å². The summed E-state index contributed by atoms with van der Waals surface area (Å²) in [4.78, 5) is 2.57. The third-order valence-corrected chi connectivity index (χ3v) is 3.79. The summed E-state index contributed by atoms with van der Waals surface area (Å²) in [5.74, 6) is 0.704. The van der Waals surface area contributed by atoms with Crippen LogP contribution in [0, 0.1) is 26.7 Å². The summed E-state index contributed by atoms with van der Waals surface area (Å²) >= 11 is 0. The Kier molecular flexibility index (Phi) is 3.96. The SMILES string of the molecule is Cc1cc(C)c(N2CC(C)CNC(C)C2)c(C)c1. The predicted molar refractivity (Wildman–Crippen MR) is 79.5 cm³/mol. The molecule has 2 atom stereocenters. The maximum atomic E-state index is 3.60. The van der Waals surface area contributed by atoms with E-state index in [1.54, 1.807) is 0 Å². The molecular weight excluding hydrogens is 220 g/mol. The Morgan fingerprint density at radius 3 is 2.28 bits per heavy atom. The van der Waals surface area contributed by atoms with Crippen LogP contribution >= 0.6 is 0 Å². The van der Waals surface area contributed by atoms with Crippen LogP contribution in [0.5, 0.6) is 0 Å². The van der Waals surface area contributed by atoms with Gasteiger partial charge in [0.2, 0.25) is 0 Å². The summed E-state index contributed by atoms with van der Waals surface area (Å²) in [5, 5.41) is 3.60. The van der Waals surface area contributed by atoms with Crippen LogP contribution in [-0.4, -0.2) is 25.7 Å². The zero-order valence-corrected chi connectivity index (χ0v) is 12.4. The van der Waals surface area contributed by atoms with Gasteiger partial charge in [0.1, 0.15) is 0 Å². The Morgan fingerprint density at radius 2 is 1.67 bits per heavy atom. The van der Waals surface area contributed by atoms with Crippen molar-refractivity contribution in [2.45, 2.75) is 40.7 Å². The minimum atomic E-state index is 0.565. The smallest absolute Gasteiger partial charge is 0.0426 e. The molecule has 2 heteroatoms. The second-order valence-corrected chi connectivity index (χ2v) is 6.07. The molecule has 0 amide bonds. The van der Waals surface area contributed by atoms with Crippen LogP contribution < -0.4 is 10.2 Å². The van der Waals surface area contributed by atoms with Gasteiger partial charge in [0.05, 0.1) is 0 Å². The second-order valence-electron chi connectivity index (χ2n) is 6.07. The third-order valence-electron chi connectivity index (χ3n) is 3.79. The Labute approximate surface area is 111 Å². The molecule has 0 aromatic heterocycles. The largest absolute Gasteiger partial charge is 0.369 e. The monoisotopic (exact) mass is 246 g/mol. The van der Waals surface area contributed by atoms with E-state index in [4.69, 9.17) is 0 Å². The molecule has 0 spiro atoms. The highest BCUT2D eigenvalue weighted by atomic mass is 15.2. The first kappa shape index (κ1) is 13.4. The Morgan fingerprint density at radius 1 is 1.06 bits per heavy atom. The number of nitrogens with zero attached hydrogens (tertiary/aromatic N) is 1. The van der Waals surface area contributed by atoms with Gasteiger partial charge in [-0.15, -0.1) is 0 Å². The molecule has 0 bridgehead atoms. The van der Waals surface area contributed by atoms with Gasteiger partial charge < -0.3 is 10.2 Å². The molecule has 0 aliphatic carbocycles. The lowest BCUT2D eigenvalue weighted by molar-refractivity contribution is 0.525. The fraction of sp³-hybridized carbons (Fsp3) is 0.625. The van der Waals surface area contributed by atoms with Crippen molar-refractivity contribution in [2.24, 2.45) is 5.92 Å². The van der Waals surface area contributed by atoms with Crippen molar-refractivity contribution in [1.29, 1.82) is 0 Å². The number of benzene rings is 1. The van der Waals surface area contributed by atoms with Crippen LogP contribution in [0.3, 0.4) is 0 Å². The molecule has 1 N–H and O–H groups in total. The van der Waals surface area contributed by atoms with Gasteiger partial charge >= 0.3 is 0 Å². The first-order valence-electron chi connectivity index (χ1n) is 7.03. The second kappa shape index (κ2) is 5.31. The highest BCUT2D eigenvalue weighted by Crippen LogP contribution is 2.27. The topological polar surface area (TPSA) is 15.3 Å². The number of hydrogen-bond donors (Lipinski definition) is 1. The fourth-order valence-corrected chi connectivity index (χ4v) is 3.17. The molecule has 2 rings (SSSR count). The molecule has 1 aliphatic heterocycles.